The Bertz CT molecular complexity index is 1980. The number of carbonyl (C=O) groups excluding carboxylic acids is 2. The number of fused-ring (bicyclic) bond motifs is 4. The van der Waals surface area contributed by atoms with E-state index in [1.807, 2.05) is 22.9 Å². The van der Waals surface area contributed by atoms with Gasteiger partial charge >= 0.3 is 10.2 Å². The fraction of sp³-hybridized carbons (Fsp3) is 0.610. The molecule has 2 aromatic rings. The van der Waals surface area contributed by atoms with E-state index in [-0.39, 0.29) is 43.1 Å². The second-order valence-electron chi connectivity index (χ2n) is 16.8. The van der Waals surface area contributed by atoms with Crippen molar-refractivity contribution in [2.45, 2.75) is 74.4 Å². The number of alkyl halides is 2. The molecule has 1 saturated heterocycles. The Morgan fingerprint density at radius 3 is 2.65 bits per heavy atom. The van der Waals surface area contributed by atoms with Gasteiger partial charge in [0.1, 0.15) is 5.75 Å². The minimum absolute atomic E-state index is 0.0631. The van der Waals surface area contributed by atoms with Crippen molar-refractivity contribution in [3.8, 4) is 5.75 Å². The van der Waals surface area contributed by atoms with Crippen molar-refractivity contribution in [3.05, 3.63) is 70.3 Å². The zero-order valence-corrected chi connectivity index (χ0v) is 34.5. The Hall–Kier alpha value is -3.34. The van der Waals surface area contributed by atoms with E-state index >= 15 is 0 Å². The number of benzene rings is 2. The van der Waals surface area contributed by atoms with Crippen molar-refractivity contribution in [2.24, 2.45) is 11.8 Å². The van der Waals surface area contributed by atoms with Crippen molar-refractivity contribution in [2.75, 3.05) is 78.5 Å². The maximum Gasteiger partial charge on any atom is 0.303 e. The molecule has 3 aliphatic heterocycles. The van der Waals surface area contributed by atoms with Crippen LogP contribution in [0.5, 0.6) is 5.75 Å². The van der Waals surface area contributed by atoms with Crippen LogP contribution in [0.2, 0.25) is 5.02 Å². The van der Waals surface area contributed by atoms with E-state index in [0.29, 0.717) is 62.1 Å². The zero-order valence-electron chi connectivity index (χ0n) is 32.9. The minimum Gasteiger partial charge on any atom is -0.490 e. The van der Waals surface area contributed by atoms with Crippen LogP contribution in [0.3, 0.4) is 0 Å². The molecule has 7 rings (SSSR count). The van der Waals surface area contributed by atoms with E-state index in [0.717, 1.165) is 36.4 Å². The number of aryl methyl sites for hydroxylation is 1. The fourth-order valence-corrected chi connectivity index (χ4v) is 9.87. The number of halogens is 3. The summed E-state index contributed by atoms with van der Waals surface area (Å²) in [6, 6.07) is 10.9. The summed E-state index contributed by atoms with van der Waals surface area (Å²) in [5.74, 6) is -3.51. The van der Waals surface area contributed by atoms with Gasteiger partial charge in [-0.1, -0.05) is 35.9 Å². The maximum atomic E-state index is 13.9. The highest BCUT2D eigenvalue weighted by atomic mass is 35.5. The molecule has 2 bridgehead atoms. The van der Waals surface area contributed by atoms with E-state index in [1.165, 1.54) is 36.2 Å². The van der Waals surface area contributed by atoms with Gasteiger partial charge in [-0.05, 0) is 97.7 Å². The Kier molecular flexibility index (Phi) is 12.0. The second-order valence-corrected chi connectivity index (χ2v) is 19.2. The molecule has 2 amide bonds. The summed E-state index contributed by atoms with van der Waals surface area (Å²) in [6.07, 6.45) is 8.77. The molecule has 5 aliphatic rings. The molecule has 1 spiro atoms. The molecular weight excluding hydrogens is 780 g/mol. The first-order chi connectivity index (χ1) is 27.0. The largest absolute Gasteiger partial charge is 0.490 e. The van der Waals surface area contributed by atoms with E-state index in [9.17, 15) is 31.9 Å². The summed E-state index contributed by atoms with van der Waals surface area (Å²) in [5, 5.41) is 13.0. The summed E-state index contributed by atoms with van der Waals surface area (Å²) in [5.41, 5.74) is 0.0809. The third kappa shape index (κ3) is 8.84. The van der Waals surface area contributed by atoms with Crippen LogP contribution in [0.25, 0.3) is 0 Å². The molecule has 0 radical (unpaired) electrons. The number of nitrogens with zero attached hydrogens (tertiary/aromatic N) is 4. The predicted octanol–water partition coefficient (Wildman–Crippen LogP) is 4.48. The van der Waals surface area contributed by atoms with Crippen LogP contribution in [-0.4, -0.2) is 125 Å². The monoisotopic (exact) mass is 833 g/mol. The first-order valence-electron chi connectivity index (χ1n) is 19.9. The predicted molar refractivity (Wildman–Crippen MR) is 213 cm³/mol. The van der Waals surface area contributed by atoms with Gasteiger partial charge in [0.15, 0.2) is 5.60 Å². The van der Waals surface area contributed by atoms with Crippen molar-refractivity contribution in [1.29, 1.82) is 0 Å². The quantitative estimate of drug-likeness (QED) is 0.292. The molecule has 2 aromatic carbocycles. The van der Waals surface area contributed by atoms with E-state index < -0.39 is 45.4 Å². The molecule has 5 atom stereocenters. The van der Waals surface area contributed by atoms with Crippen molar-refractivity contribution < 1.29 is 41.4 Å². The summed E-state index contributed by atoms with van der Waals surface area (Å²) in [6.45, 7) is 2.35. The van der Waals surface area contributed by atoms with Crippen LogP contribution < -0.4 is 14.4 Å². The van der Waals surface area contributed by atoms with Crippen LogP contribution >= 0.6 is 11.6 Å². The number of aliphatic hydroxyl groups is 1. The number of carbonyl (C=O) groups is 2. The molecule has 312 valence electrons. The highest BCUT2D eigenvalue weighted by Crippen LogP contribution is 2.48. The topological polar surface area (TPSA) is 132 Å². The van der Waals surface area contributed by atoms with Gasteiger partial charge in [0.2, 0.25) is 5.91 Å². The number of amides is 2. The zero-order chi connectivity index (χ0) is 40.8. The molecule has 0 unspecified atom stereocenters. The summed E-state index contributed by atoms with van der Waals surface area (Å²) < 4.78 is 68.6. The van der Waals surface area contributed by atoms with Crippen LogP contribution in [-0.2, 0) is 42.0 Å². The molecule has 57 heavy (non-hydrogen) atoms. The lowest BCUT2D eigenvalue weighted by atomic mass is 9.68. The van der Waals surface area contributed by atoms with Gasteiger partial charge in [0, 0.05) is 64.4 Å². The first-order valence-corrected chi connectivity index (χ1v) is 21.7. The normalized spacial score (nSPS) is 29.7. The SMILES string of the molecule is CN1CC/C=C/[C@H](OCCCN2CC(F)(F)C2)[C@@H]2CC[C@H]2CN2C[C@@]3(CCCc4cc(Cl)ccc43)COc3ccc(cc32)[C@@](O)(C(=O)NS(=O)(=O)N(C)C)CC1=O. The Labute approximate surface area is 339 Å². The number of nitrogens with one attached hydrogen (secondary N) is 1. The van der Waals surface area contributed by atoms with Crippen LogP contribution in [0, 0.1) is 11.8 Å². The van der Waals surface area contributed by atoms with E-state index in [4.69, 9.17) is 21.1 Å². The molecule has 1 saturated carbocycles. The van der Waals surface area contributed by atoms with Gasteiger partial charge in [0.05, 0.1) is 37.9 Å². The van der Waals surface area contributed by atoms with Gasteiger partial charge in [-0.15, -0.1) is 0 Å². The Balaban J connectivity index is 1.25. The highest BCUT2D eigenvalue weighted by Gasteiger charge is 2.47. The third-order valence-corrected chi connectivity index (χ3v) is 14.2. The van der Waals surface area contributed by atoms with Crippen molar-refractivity contribution in [1.82, 2.24) is 18.8 Å². The van der Waals surface area contributed by atoms with E-state index in [2.05, 4.69) is 17.0 Å². The smallest absolute Gasteiger partial charge is 0.303 e. The minimum atomic E-state index is -4.32. The molecule has 3 heterocycles. The summed E-state index contributed by atoms with van der Waals surface area (Å²) in [4.78, 5) is 33.1. The molecule has 2 N–H and O–H groups in total. The third-order valence-electron chi connectivity index (χ3n) is 12.6. The van der Waals surface area contributed by atoms with Crippen molar-refractivity contribution >= 4 is 39.3 Å². The lowest BCUT2D eigenvalue weighted by molar-refractivity contribution is -0.148. The highest BCUT2D eigenvalue weighted by molar-refractivity contribution is 7.87. The first kappa shape index (κ1) is 41.8. The Morgan fingerprint density at radius 2 is 1.93 bits per heavy atom. The number of rotatable bonds is 8. The average molecular weight is 834 g/mol. The molecule has 16 heteroatoms. The maximum absolute atomic E-state index is 13.9. The Morgan fingerprint density at radius 1 is 1.14 bits per heavy atom. The van der Waals surface area contributed by atoms with Gasteiger partial charge < -0.3 is 24.4 Å². The number of hydrogen-bond acceptors (Lipinski definition) is 9. The van der Waals surface area contributed by atoms with Crippen LogP contribution in [0.15, 0.2) is 48.6 Å². The number of ether oxygens (including phenoxy) is 2. The molecule has 2 aliphatic carbocycles. The molecule has 0 aromatic heterocycles. The number of anilines is 1. The van der Waals surface area contributed by atoms with Gasteiger partial charge in [0.25, 0.3) is 11.8 Å². The lowest BCUT2D eigenvalue weighted by Crippen LogP contribution is -2.56. The average Bonchev–Trinajstić information content (AvgIpc) is 3.28. The fourth-order valence-electron chi connectivity index (χ4n) is 9.09. The summed E-state index contributed by atoms with van der Waals surface area (Å²) >= 11 is 6.47. The summed E-state index contributed by atoms with van der Waals surface area (Å²) in [7, 11) is -0.229. The number of hydrogen-bond donors (Lipinski definition) is 2. The number of likely N-dealkylation sites (tertiary alicyclic amines) is 1. The standard InChI is InChI=1S/C41H54ClF2N5O7S/c1-46(2)57(53,54)45-38(51)41(52)22-37(50)47(3)17-5-4-9-35(55-19-7-18-48-25-40(43,44)26-48)32-13-10-29(32)23-49-24-39(27-56-36-15-11-30(41)21-34(36)49)16-6-8-28-20-31(42)12-14-33(28)39/h4,9,11-12,14-15,20-21,29,32,35,52H,5-8,10,13,16-19,22-27H2,1-3H3,(H,45,51)/b9-4+/t29-,32+,35-,39-,41+/m0/s1. The molecule has 2 fully saturated rings. The second kappa shape index (κ2) is 16.4. The molecule has 12 nitrogen and oxygen atoms in total. The lowest BCUT2D eigenvalue weighted by Gasteiger charge is -2.46. The van der Waals surface area contributed by atoms with E-state index in [1.54, 1.807) is 24.1 Å². The van der Waals surface area contributed by atoms with Gasteiger partial charge in [-0.3, -0.25) is 14.5 Å². The van der Waals surface area contributed by atoms with Gasteiger partial charge in [-0.25, -0.2) is 13.5 Å². The molecular formula is C41H54ClF2N5O7S. The van der Waals surface area contributed by atoms with Crippen LogP contribution in [0.1, 0.15) is 61.6 Å². The van der Waals surface area contributed by atoms with Crippen molar-refractivity contribution in [3.63, 3.8) is 0 Å². The van der Waals surface area contributed by atoms with Gasteiger partial charge in [-0.2, -0.15) is 12.7 Å². The van der Waals surface area contributed by atoms with Crippen LogP contribution in [0.4, 0.5) is 14.5 Å².